The Morgan fingerprint density at radius 3 is 2.67 bits per heavy atom. The van der Waals surface area contributed by atoms with Crippen LogP contribution < -0.4 is 5.32 Å². The van der Waals surface area contributed by atoms with Crippen molar-refractivity contribution < 1.29 is 0 Å². The van der Waals surface area contributed by atoms with E-state index < -0.39 is 0 Å². The van der Waals surface area contributed by atoms with E-state index in [1.807, 2.05) is 6.20 Å². The molecule has 12 heavy (non-hydrogen) atoms. The lowest BCUT2D eigenvalue weighted by atomic mass is 9.95. The van der Waals surface area contributed by atoms with Gasteiger partial charge in [-0.2, -0.15) is 0 Å². The molecule has 1 aliphatic rings. The quantitative estimate of drug-likeness (QED) is 0.617. The SMILES string of the molecule is c1cnc(C2CC[N]CC2)cn1. The lowest BCUT2D eigenvalue weighted by molar-refractivity contribution is 0.445. The van der Waals surface area contributed by atoms with Crippen molar-refractivity contribution in [2.75, 3.05) is 13.1 Å². The molecule has 1 radical (unpaired) electrons. The normalized spacial score (nSPS) is 19.3. The van der Waals surface area contributed by atoms with E-state index in [0.29, 0.717) is 5.92 Å². The smallest absolute Gasteiger partial charge is 0.0618 e. The van der Waals surface area contributed by atoms with Crippen LogP contribution >= 0.6 is 0 Å². The minimum atomic E-state index is 0.594. The molecule has 2 rings (SSSR count). The van der Waals surface area contributed by atoms with Crippen LogP contribution in [0.5, 0.6) is 0 Å². The predicted octanol–water partition coefficient (Wildman–Crippen LogP) is 0.958. The molecule has 1 aliphatic heterocycles. The maximum atomic E-state index is 4.30. The monoisotopic (exact) mass is 162 g/mol. The number of piperidine rings is 1. The molecule has 63 valence electrons. The molecule has 0 spiro atoms. The van der Waals surface area contributed by atoms with Gasteiger partial charge in [-0.05, 0) is 12.8 Å². The third-order valence-corrected chi connectivity index (χ3v) is 2.27. The zero-order valence-electron chi connectivity index (χ0n) is 6.98. The van der Waals surface area contributed by atoms with Gasteiger partial charge < -0.3 is 0 Å². The van der Waals surface area contributed by atoms with Crippen LogP contribution in [0.25, 0.3) is 0 Å². The van der Waals surface area contributed by atoms with E-state index in [1.54, 1.807) is 12.4 Å². The molecule has 0 aromatic carbocycles. The molecule has 0 N–H and O–H groups in total. The summed E-state index contributed by atoms with van der Waals surface area (Å²) in [6.07, 6.45) is 7.63. The fourth-order valence-corrected chi connectivity index (χ4v) is 1.57. The molecule has 0 unspecified atom stereocenters. The Hall–Kier alpha value is -0.960. The molecule has 3 heteroatoms. The van der Waals surface area contributed by atoms with Gasteiger partial charge in [0.1, 0.15) is 0 Å². The number of aromatic nitrogens is 2. The highest BCUT2D eigenvalue weighted by atomic mass is 14.9. The first-order valence-corrected chi connectivity index (χ1v) is 4.36. The molecular weight excluding hydrogens is 150 g/mol. The van der Waals surface area contributed by atoms with Gasteiger partial charge in [0.15, 0.2) is 0 Å². The van der Waals surface area contributed by atoms with Crippen LogP contribution in [0, 0.1) is 0 Å². The standard InChI is InChI=1S/C9H12N3/c1-3-10-4-2-8(1)9-7-11-5-6-12-9/h5-8H,1-4H2. The van der Waals surface area contributed by atoms with Gasteiger partial charge in [-0.25, -0.2) is 5.32 Å². The summed E-state index contributed by atoms with van der Waals surface area (Å²) in [7, 11) is 0. The predicted molar refractivity (Wildman–Crippen MR) is 45.9 cm³/mol. The molecule has 1 fully saturated rings. The van der Waals surface area contributed by atoms with E-state index in [9.17, 15) is 0 Å². The first kappa shape index (κ1) is 7.68. The molecule has 0 atom stereocenters. The highest BCUT2D eigenvalue weighted by molar-refractivity contribution is 5.04. The highest BCUT2D eigenvalue weighted by Crippen LogP contribution is 2.22. The second-order valence-corrected chi connectivity index (χ2v) is 3.08. The van der Waals surface area contributed by atoms with Crippen LogP contribution in [0.15, 0.2) is 18.6 Å². The van der Waals surface area contributed by atoms with Crippen molar-refractivity contribution in [1.29, 1.82) is 0 Å². The fourth-order valence-electron chi connectivity index (χ4n) is 1.57. The summed E-state index contributed by atoms with van der Waals surface area (Å²) < 4.78 is 0. The third kappa shape index (κ3) is 1.61. The minimum absolute atomic E-state index is 0.594. The summed E-state index contributed by atoms with van der Waals surface area (Å²) in [5.74, 6) is 0.594. The molecule has 0 aliphatic carbocycles. The zero-order valence-corrected chi connectivity index (χ0v) is 6.98. The van der Waals surface area contributed by atoms with E-state index >= 15 is 0 Å². The van der Waals surface area contributed by atoms with Gasteiger partial charge in [-0.3, -0.25) is 9.97 Å². The van der Waals surface area contributed by atoms with E-state index in [4.69, 9.17) is 0 Å². The zero-order chi connectivity index (χ0) is 8.23. The Morgan fingerprint density at radius 1 is 1.17 bits per heavy atom. The number of hydrogen-bond donors (Lipinski definition) is 0. The van der Waals surface area contributed by atoms with Crippen molar-refractivity contribution in [2.45, 2.75) is 18.8 Å². The van der Waals surface area contributed by atoms with Gasteiger partial charge in [0.05, 0.1) is 5.69 Å². The Balaban J connectivity index is 2.08. The van der Waals surface area contributed by atoms with Crippen molar-refractivity contribution in [2.24, 2.45) is 0 Å². The van der Waals surface area contributed by atoms with Gasteiger partial charge >= 0.3 is 0 Å². The van der Waals surface area contributed by atoms with Gasteiger partial charge in [-0.15, -0.1) is 0 Å². The summed E-state index contributed by atoms with van der Waals surface area (Å²) in [6, 6.07) is 0. The first-order valence-electron chi connectivity index (χ1n) is 4.36. The van der Waals surface area contributed by atoms with Crippen LogP contribution in [0.2, 0.25) is 0 Å². The van der Waals surface area contributed by atoms with Crippen LogP contribution in [0.4, 0.5) is 0 Å². The average molecular weight is 162 g/mol. The largest absolute Gasteiger partial charge is 0.261 e. The average Bonchev–Trinajstić information content (AvgIpc) is 2.21. The summed E-state index contributed by atoms with van der Waals surface area (Å²) in [4.78, 5) is 8.36. The Kier molecular flexibility index (Phi) is 2.32. The Labute approximate surface area is 72.2 Å². The second kappa shape index (κ2) is 3.63. The van der Waals surface area contributed by atoms with E-state index in [-0.39, 0.29) is 0 Å². The van der Waals surface area contributed by atoms with Crippen LogP contribution in [-0.4, -0.2) is 23.1 Å². The summed E-state index contributed by atoms with van der Waals surface area (Å²) in [5.41, 5.74) is 1.13. The molecule has 1 aromatic rings. The van der Waals surface area contributed by atoms with Gasteiger partial charge in [0.25, 0.3) is 0 Å². The van der Waals surface area contributed by atoms with E-state index in [1.165, 1.54) is 0 Å². The lowest BCUT2D eigenvalue weighted by Gasteiger charge is -2.20. The lowest BCUT2D eigenvalue weighted by Crippen LogP contribution is -2.21. The minimum Gasteiger partial charge on any atom is -0.261 e. The van der Waals surface area contributed by atoms with Crippen molar-refractivity contribution in [3.8, 4) is 0 Å². The van der Waals surface area contributed by atoms with Crippen molar-refractivity contribution in [3.63, 3.8) is 0 Å². The van der Waals surface area contributed by atoms with Gasteiger partial charge in [0, 0.05) is 37.6 Å². The van der Waals surface area contributed by atoms with Crippen LogP contribution in [-0.2, 0) is 0 Å². The number of nitrogens with zero attached hydrogens (tertiary/aromatic N) is 3. The maximum absolute atomic E-state index is 4.30. The second-order valence-electron chi connectivity index (χ2n) is 3.08. The fraction of sp³-hybridized carbons (Fsp3) is 0.556. The van der Waals surface area contributed by atoms with E-state index in [2.05, 4.69) is 15.3 Å². The van der Waals surface area contributed by atoms with Crippen LogP contribution in [0.1, 0.15) is 24.5 Å². The molecule has 0 bridgehead atoms. The van der Waals surface area contributed by atoms with Gasteiger partial charge in [-0.1, -0.05) is 0 Å². The molecular formula is C9H12N3. The Bertz CT molecular complexity index is 229. The highest BCUT2D eigenvalue weighted by Gasteiger charge is 2.16. The molecule has 3 nitrogen and oxygen atoms in total. The molecule has 2 heterocycles. The summed E-state index contributed by atoms with van der Waals surface area (Å²) in [5, 5.41) is 4.30. The summed E-state index contributed by atoms with van der Waals surface area (Å²) >= 11 is 0. The van der Waals surface area contributed by atoms with Crippen molar-refractivity contribution >= 4 is 0 Å². The third-order valence-electron chi connectivity index (χ3n) is 2.27. The molecule has 0 amide bonds. The maximum Gasteiger partial charge on any atom is 0.0618 e. The summed E-state index contributed by atoms with van der Waals surface area (Å²) in [6.45, 7) is 1.97. The van der Waals surface area contributed by atoms with Crippen molar-refractivity contribution in [1.82, 2.24) is 15.3 Å². The Morgan fingerprint density at radius 2 is 2.00 bits per heavy atom. The molecule has 0 saturated carbocycles. The van der Waals surface area contributed by atoms with Crippen molar-refractivity contribution in [3.05, 3.63) is 24.3 Å². The first-order chi connectivity index (χ1) is 5.97. The van der Waals surface area contributed by atoms with Gasteiger partial charge in [0.2, 0.25) is 0 Å². The number of hydrogen-bond acceptors (Lipinski definition) is 2. The van der Waals surface area contributed by atoms with Crippen LogP contribution in [0.3, 0.4) is 0 Å². The molecule has 1 saturated heterocycles. The molecule has 1 aromatic heterocycles. The number of rotatable bonds is 1. The topological polar surface area (TPSA) is 39.9 Å². The van der Waals surface area contributed by atoms with E-state index in [0.717, 1.165) is 31.6 Å².